The summed E-state index contributed by atoms with van der Waals surface area (Å²) in [5.74, 6) is 0. The Balaban J connectivity index is 2.00. The molecule has 1 rings (SSSR count). The van der Waals surface area contributed by atoms with Crippen LogP contribution in [-0.4, -0.2) is 62.7 Å². The van der Waals surface area contributed by atoms with Crippen LogP contribution in [0.1, 0.15) is 12.8 Å². The molecular formula is C10H21NO3. The highest BCUT2D eigenvalue weighted by Crippen LogP contribution is 2.15. The van der Waals surface area contributed by atoms with Gasteiger partial charge in [-0.3, -0.25) is 4.90 Å². The summed E-state index contributed by atoms with van der Waals surface area (Å²) in [4.78, 5) is 2.30. The van der Waals surface area contributed by atoms with Gasteiger partial charge in [-0.15, -0.1) is 0 Å². The number of ether oxygens (including phenoxy) is 2. The van der Waals surface area contributed by atoms with E-state index in [1.165, 1.54) is 6.42 Å². The van der Waals surface area contributed by atoms with E-state index in [9.17, 15) is 0 Å². The van der Waals surface area contributed by atoms with Crippen molar-refractivity contribution in [1.82, 2.24) is 4.90 Å². The van der Waals surface area contributed by atoms with Crippen molar-refractivity contribution in [2.75, 3.05) is 46.6 Å². The summed E-state index contributed by atoms with van der Waals surface area (Å²) in [6, 6.07) is 0.362. The second-order valence-electron chi connectivity index (χ2n) is 3.62. The van der Waals surface area contributed by atoms with Crippen molar-refractivity contribution in [3.8, 4) is 0 Å². The standard InChI is InChI=1S/C10H21NO3/c1-13-7-8-14-6-5-11-4-2-3-10(11)9-12/h10,12H,2-9H2,1H3/t10-/m0/s1. The van der Waals surface area contributed by atoms with E-state index in [-0.39, 0.29) is 6.61 Å². The second kappa shape index (κ2) is 7.17. The SMILES string of the molecule is COCCOCCN1CCC[C@H]1CO. The van der Waals surface area contributed by atoms with Crippen molar-refractivity contribution in [3.63, 3.8) is 0 Å². The minimum atomic E-state index is 0.276. The monoisotopic (exact) mass is 203 g/mol. The molecule has 1 atom stereocenters. The van der Waals surface area contributed by atoms with Gasteiger partial charge in [0.15, 0.2) is 0 Å². The maximum Gasteiger partial charge on any atom is 0.0700 e. The predicted molar refractivity (Wildman–Crippen MR) is 54.4 cm³/mol. The number of hydrogen-bond donors (Lipinski definition) is 1. The third-order valence-electron chi connectivity index (χ3n) is 2.66. The van der Waals surface area contributed by atoms with Crippen molar-refractivity contribution >= 4 is 0 Å². The zero-order valence-corrected chi connectivity index (χ0v) is 8.95. The highest BCUT2D eigenvalue weighted by atomic mass is 16.5. The molecule has 4 heteroatoms. The zero-order valence-electron chi connectivity index (χ0n) is 8.95. The third kappa shape index (κ3) is 3.92. The first-order chi connectivity index (χ1) is 6.88. The third-order valence-corrected chi connectivity index (χ3v) is 2.66. The van der Waals surface area contributed by atoms with Crippen LogP contribution in [0.2, 0.25) is 0 Å². The summed E-state index contributed by atoms with van der Waals surface area (Å²) in [7, 11) is 1.67. The molecule has 1 aliphatic heterocycles. The Kier molecular flexibility index (Phi) is 6.10. The summed E-state index contributed by atoms with van der Waals surface area (Å²) < 4.78 is 10.3. The lowest BCUT2D eigenvalue weighted by molar-refractivity contribution is 0.0501. The molecule has 1 aliphatic rings. The molecule has 0 unspecified atom stereocenters. The molecule has 4 nitrogen and oxygen atoms in total. The van der Waals surface area contributed by atoms with Gasteiger partial charge < -0.3 is 14.6 Å². The molecule has 14 heavy (non-hydrogen) atoms. The molecule has 0 bridgehead atoms. The molecule has 84 valence electrons. The lowest BCUT2D eigenvalue weighted by Gasteiger charge is -2.22. The quantitative estimate of drug-likeness (QED) is 0.596. The van der Waals surface area contributed by atoms with Gasteiger partial charge in [-0.05, 0) is 19.4 Å². The number of aliphatic hydroxyl groups is 1. The van der Waals surface area contributed by atoms with E-state index in [0.29, 0.717) is 19.3 Å². The van der Waals surface area contributed by atoms with Crippen molar-refractivity contribution in [3.05, 3.63) is 0 Å². The van der Waals surface area contributed by atoms with Gasteiger partial charge in [-0.1, -0.05) is 0 Å². The maximum absolute atomic E-state index is 9.07. The Hall–Kier alpha value is -0.160. The van der Waals surface area contributed by atoms with Gasteiger partial charge in [0, 0.05) is 19.7 Å². The van der Waals surface area contributed by atoms with Crippen LogP contribution in [0.5, 0.6) is 0 Å². The lowest BCUT2D eigenvalue weighted by atomic mass is 10.2. The summed E-state index contributed by atoms with van der Waals surface area (Å²) in [5.41, 5.74) is 0. The number of hydrogen-bond acceptors (Lipinski definition) is 4. The number of nitrogens with zero attached hydrogens (tertiary/aromatic N) is 1. The first kappa shape index (κ1) is 11.9. The first-order valence-electron chi connectivity index (χ1n) is 5.30. The van der Waals surface area contributed by atoms with Crippen LogP contribution in [0, 0.1) is 0 Å². The van der Waals surface area contributed by atoms with Crippen LogP contribution in [0.4, 0.5) is 0 Å². The fraction of sp³-hybridized carbons (Fsp3) is 1.00. The fourth-order valence-corrected chi connectivity index (χ4v) is 1.82. The van der Waals surface area contributed by atoms with E-state index in [2.05, 4.69) is 4.90 Å². The Labute approximate surface area is 85.8 Å². The average Bonchev–Trinajstić information content (AvgIpc) is 2.65. The van der Waals surface area contributed by atoms with Gasteiger partial charge >= 0.3 is 0 Å². The lowest BCUT2D eigenvalue weighted by Crippen LogP contribution is -2.35. The van der Waals surface area contributed by atoms with Crippen LogP contribution in [0.15, 0.2) is 0 Å². The van der Waals surface area contributed by atoms with Crippen molar-refractivity contribution in [2.24, 2.45) is 0 Å². The van der Waals surface area contributed by atoms with E-state index in [0.717, 1.165) is 26.1 Å². The molecule has 0 aromatic rings. The zero-order chi connectivity index (χ0) is 10.2. The van der Waals surface area contributed by atoms with Gasteiger partial charge in [-0.2, -0.15) is 0 Å². The molecule has 0 aromatic carbocycles. The molecule has 0 spiro atoms. The van der Waals surface area contributed by atoms with Crippen molar-refractivity contribution < 1.29 is 14.6 Å². The summed E-state index contributed by atoms with van der Waals surface area (Å²) >= 11 is 0. The van der Waals surface area contributed by atoms with E-state index in [1.54, 1.807) is 7.11 Å². The van der Waals surface area contributed by atoms with Gasteiger partial charge in [0.05, 0.1) is 26.4 Å². The molecule has 0 amide bonds. The minimum Gasteiger partial charge on any atom is -0.395 e. The molecule has 1 N–H and O–H groups in total. The normalized spacial score (nSPS) is 23.1. The van der Waals surface area contributed by atoms with Gasteiger partial charge in [0.1, 0.15) is 0 Å². The summed E-state index contributed by atoms with van der Waals surface area (Å²) in [5, 5.41) is 9.07. The predicted octanol–water partition coefficient (Wildman–Crippen LogP) is 0.106. The molecule has 0 aromatic heterocycles. The second-order valence-corrected chi connectivity index (χ2v) is 3.62. The van der Waals surface area contributed by atoms with Crippen molar-refractivity contribution in [2.45, 2.75) is 18.9 Å². The highest BCUT2D eigenvalue weighted by molar-refractivity contribution is 4.77. The number of likely N-dealkylation sites (tertiary alicyclic amines) is 1. The molecule has 0 radical (unpaired) electrons. The van der Waals surface area contributed by atoms with Crippen LogP contribution in [0.3, 0.4) is 0 Å². The Morgan fingerprint density at radius 2 is 2.21 bits per heavy atom. The topological polar surface area (TPSA) is 41.9 Å². The summed E-state index contributed by atoms with van der Waals surface area (Å²) in [6.07, 6.45) is 2.32. The maximum atomic E-state index is 9.07. The van der Waals surface area contributed by atoms with Crippen molar-refractivity contribution in [1.29, 1.82) is 0 Å². The Morgan fingerprint density at radius 3 is 2.93 bits per heavy atom. The van der Waals surface area contributed by atoms with Crippen LogP contribution < -0.4 is 0 Å². The van der Waals surface area contributed by atoms with E-state index in [4.69, 9.17) is 14.6 Å². The average molecular weight is 203 g/mol. The van der Waals surface area contributed by atoms with Crippen LogP contribution >= 0.6 is 0 Å². The van der Waals surface area contributed by atoms with E-state index < -0.39 is 0 Å². The minimum absolute atomic E-state index is 0.276. The number of rotatable bonds is 7. The molecule has 1 fully saturated rings. The number of methoxy groups -OCH3 is 1. The Morgan fingerprint density at radius 1 is 1.36 bits per heavy atom. The van der Waals surface area contributed by atoms with E-state index >= 15 is 0 Å². The smallest absolute Gasteiger partial charge is 0.0700 e. The largest absolute Gasteiger partial charge is 0.395 e. The highest BCUT2D eigenvalue weighted by Gasteiger charge is 2.22. The molecular weight excluding hydrogens is 182 g/mol. The van der Waals surface area contributed by atoms with Crippen LogP contribution in [0.25, 0.3) is 0 Å². The molecule has 1 saturated heterocycles. The van der Waals surface area contributed by atoms with Gasteiger partial charge in [0.25, 0.3) is 0 Å². The molecule has 1 heterocycles. The van der Waals surface area contributed by atoms with Crippen LogP contribution in [-0.2, 0) is 9.47 Å². The first-order valence-corrected chi connectivity index (χ1v) is 5.30. The molecule has 0 aliphatic carbocycles. The van der Waals surface area contributed by atoms with E-state index in [1.807, 2.05) is 0 Å². The molecule has 0 saturated carbocycles. The van der Waals surface area contributed by atoms with Gasteiger partial charge in [0.2, 0.25) is 0 Å². The van der Waals surface area contributed by atoms with Gasteiger partial charge in [-0.25, -0.2) is 0 Å². The fourth-order valence-electron chi connectivity index (χ4n) is 1.82. The Bertz CT molecular complexity index is 143. The number of aliphatic hydroxyl groups excluding tert-OH is 1. The summed E-state index contributed by atoms with van der Waals surface area (Å²) in [6.45, 7) is 4.35.